The lowest BCUT2D eigenvalue weighted by Crippen LogP contribution is -1.87. The van der Waals surface area contributed by atoms with Gasteiger partial charge in [-0.25, -0.2) is 0 Å². The van der Waals surface area contributed by atoms with Gasteiger partial charge in [-0.2, -0.15) is 0 Å². The van der Waals surface area contributed by atoms with Crippen molar-refractivity contribution >= 4 is 12.0 Å². The normalized spacial score (nSPS) is 26.7. The second-order valence-electron chi connectivity index (χ2n) is 3.31. The summed E-state index contributed by atoms with van der Waals surface area (Å²) in [5.74, 6) is 0.719. The van der Waals surface area contributed by atoms with Crippen molar-refractivity contribution in [1.29, 1.82) is 0 Å². The average Bonchev–Trinajstić information content (AvgIpc) is 2.85. The lowest BCUT2D eigenvalue weighted by molar-refractivity contribution is -0.108. The van der Waals surface area contributed by atoms with E-state index in [0.717, 1.165) is 18.4 Å². The molecule has 2 heteroatoms. The van der Waals surface area contributed by atoms with Gasteiger partial charge in [-0.05, 0) is 30.0 Å². The van der Waals surface area contributed by atoms with Crippen LogP contribution < -0.4 is 5.73 Å². The zero-order valence-electron chi connectivity index (χ0n) is 6.73. The summed E-state index contributed by atoms with van der Waals surface area (Å²) in [5.41, 5.74) is 7.56. The van der Waals surface area contributed by atoms with Crippen LogP contribution in [0, 0.1) is 5.92 Å². The fourth-order valence-electron chi connectivity index (χ4n) is 1.49. The largest absolute Gasteiger partial charge is 0.399 e. The highest BCUT2D eigenvalue weighted by Gasteiger charge is 2.37. The first kappa shape index (κ1) is 7.35. The molecule has 0 radical (unpaired) electrons. The van der Waals surface area contributed by atoms with Gasteiger partial charge in [-0.15, -0.1) is 0 Å². The Morgan fingerprint density at radius 3 is 2.50 bits per heavy atom. The summed E-state index contributed by atoms with van der Waals surface area (Å²) >= 11 is 0. The molecule has 2 rings (SSSR count). The maximum atomic E-state index is 10.4. The summed E-state index contributed by atoms with van der Waals surface area (Å²) in [4.78, 5) is 10.4. The third-order valence-corrected chi connectivity index (χ3v) is 2.38. The summed E-state index contributed by atoms with van der Waals surface area (Å²) in [6.07, 6.45) is 2.05. The van der Waals surface area contributed by atoms with Gasteiger partial charge in [0.15, 0.2) is 0 Å². The molecular formula is C10H11NO. The number of anilines is 1. The Balaban J connectivity index is 2.15. The standard InChI is InChI=1S/C10H11NO/c11-9-3-1-7(2-4-9)10-5-8(10)6-12/h1-4,6,8,10H,5,11H2. The highest BCUT2D eigenvalue weighted by Crippen LogP contribution is 2.45. The molecule has 1 aromatic carbocycles. The van der Waals surface area contributed by atoms with Crippen molar-refractivity contribution in [3.63, 3.8) is 0 Å². The van der Waals surface area contributed by atoms with Crippen LogP contribution in [0.3, 0.4) is 0 Å². The Hall–Kier alpha value is -1.31. The van der Waals surface area contributed by atoms with Gasteiger partial charge < -0.3 is 10.5 Å². The number of benzene rings is 1. The van der Waals surface area contributed by atoms with Crippen molar-refractivity contribution in [2.75, 3.05) is 5.73 Å². The quantitative estimate of drug-likeness (QED) is 0.528. The lowest BCUT2D eigenvalue weighted by atomic mass is 10.1. The molecule has 0 heterocycles. The van der Waals surface area contributed by atoms with E-state index in [0.29, 0.717) is 5.92 Å². The van der Waals surface area contributed by atoms with Crippen LogP contribution in [0.1, 0.15) is 17.9 Å². The number of carbonyl (C=O) groups excluding carboxylic acids is 1. The van der Waals surface area contributed by atoms with E-state index in [1.54, 1.807) is 0 Å². The van der Waals surface area contributed by atoms with E-state index in [-0.39, 0.29) is 5.92 Å². The molecule has 0 saturated heterocycles. The average molecular weight is 161 g/mol. The minimum absolute atomic E-state index is 0.258. The molecule has 2 nitrogen and oxygen atoms in total. The van der Waals surface area contributed by atoms with Crippen LogP contribution in [0.5, 0.6) is 0 Å². The Bertz CT molecular complexity index is 291. The van der Waals surface area contributed by atoms with E-state index in [1.165, 1.54) is 5.56 Å². The third kappa shape index (κ3) is 1.20. The van der Waals surface area contributed by atoms with Gasteiger partial charge in [-0.1, -0.05) is 12.1 Å². The van der Waals surface area contributed by atoms with E-state index < -0.39 is 0 Å². The first-order valence-corrected chi connectivity index (χ1v) is 4.12. The molecule has 0 amide bonds. The Morgan fingerprint density at radius 1 is 1.33 bits per heavy atom. The molecule has 2 atom stereocenters. The van der Waals surface area contributed by atoms with Crippen LogP contribution in [-0.2, 0) is 4.79 Å². The number of nitrogens with two attached hydrogens (primary N) is 1. The first-order valence-electron chi connectivity index (χ1n) is 4.12. The van der Waals surface area contributed by atoms with Crippen molar-refractivity contribution in [3.8, 4) is 0 Å². The maximum Gasteiger partial charge on any atom is 0.123 e. The molecule has 0 spiro atoms. The fourth-order valence-corrected chi connectivity index (χ4v) is 1.49. The molecular weight excluding hydrogens is 150 g/mol. The van der Waals surface area contributed by atoms with E-state index in [9.17, 15) is 4.79 Å². The minimum atomic E-state index is 0.258. The van der Waals surface area contributed by atoms with Gasteiger partial charge >= 0.3 is 0 Å². The molecule has 1 aromatic rings. The highest BCUT2D eigenvalue weighted by molar-refractivity contribution is 5.61. The van der Waals surface area contributed by atoms with Gasteiger partial charge in [0.05, 0.1) is 0 Å². The smallest absolute Gasteiger partial charge is 0.123 e. The zero-order chi connectivity index (χ0) is 8.55. The minimum Gasteiger partial charge on any atom is -0.399 e. The molecule has 62 valence electrons. The third-order valence-electron chi connectivity index (χ3n) is 2.38. The van der Waals surface area contributed by atoms with E-state index in [1.807, 2.05) is 24.3 Å². The van der Waals surface area contributed by atoms with Crippen LogP contribution in [-0.4, -0.2) is 6.29 Å². The van der Waals surface area contributed by atoms with Crippen LogP contribution in [0.2, 0.25) is 0 Å². The molecule has 0 bridgehead atoms. The molecule has 2 N–H and O–H groups in total. The summed E-state index contributed by atoms with van der Waals surface area (Å²) in [7, 11) is 0. The van der Waals surface area contributed by atoms with Gasteiger partial charge in [0.2, 0.25) is 0 Å². The predicted octanol–water partition coefficient (Wildman–Crippen LogP) is 1.57. The molecule has 0 aromatic heterocycles. The molecule has 0 aliphatic heterocycles. The number of nitrogen functional groups attached to an aromatic ring is 1. The Morgan fingerprint density at radius 2 is 2.00 bits per heavy atom. The highest BCUT2D eigenvalue weighted by atomic mass is 16.1. The molecule has 1 fully saturated rings. The predicted molar refractivity (Wildman–Crippen MR) is 47.8 cm³/mol. The summed E-state index contributed by atoms with van der Waals surface area (Å²) in [6, 6.07) is 7.78. The number of hydrogen-bond acceptors (Lipinski definition) is 2. The van der Waals surface area contributed by atoms with E-state index >= 15 is 0 Å². The Labute approximate surface area is 71.4 Å². The Kier molecular flexibility index (Phi) is 1.61. The lowest BCUT2D eigenvalue weighted by Gasteiger charge is -1.97. The number of rotatable bonds is 2. The topological polar surface area (TPSA) is 43.1 Å². The molecule has 12 heavy (non-hydrogen) atoms. The fraction of sp³-hybridized carbons (Fsp3) is 0.300. The monoisotopic (exact) mass is 161 g/mol. The van der Waals surface area contributed by atoms with Crippen molar-refractivity contribution in [3.05, 3.63) is 29.8 Å². The van der Waals surface area contributed by atoms with Crippen molar-refractivity contribution in [1.82, 2.24) is 0 Å². The summed E-state index contributed by atoms with van der Waals surface area (Å²) in [6.45, 7) is 0. The molecule has 1 saturated carbocycles. The second-order valence-corrected chi connectivity index (χ2v) is 3.31. The summed E-state index contributed by atoms with van der Waals surface area (Å²) < 4.78 is 0. The van der Waals surface area contributed by atoms with Gasteiger partial charge in [0.1, 0.15) is 6.29 Å². The van der Waals surface area contributed by atoms with Gasteiger partial charge in [-0.3, -0.25) is 0 Å². The SMILES string of the molecule is Nc1ccc(C2CC2C=O)cc1. The van der Waals surface area contributed by atoms with Crippen molar-refractivity contribution in [2.24, 2.45) is 5.92 Å². The first-order chi connectivity index (χ1) is 5.81. The van der Waals surface area contributed by atoms with Crippen LogP contribution in [0.4, 0.5) is 5.69 Å². The molecule has 1 aliphatic carbocycles. The number of aldehydes is 1. The van der Waals surface area contributed by atoms with Gasteiger partial charge in [0, 0.05) is 11.6 Å². The number of carbonyl (C=O) groups is 1. The van der Waals surface area contributed by atoms with Crippen LogP contribution in [0.25, 0.3) is 0 Å². The van der Waals surface area contributed by atoms with E-state index in [2.05, 4.69) is 0 Å². The van der Waals surface area contributed by atoms with Gasteiger partial charge in [0.25, 0.3) is 0 Å². The molecule has 2 unspecified atom stereocenters. The van der Waals surface area contributed by atoms with Crippen molar-refractivity contribution < 1.29 is 4.79 Å². The van der Waals surface area contributed by atoms with E-state index in [4.69, 9.17) is 5.73 Å². The maximum absolute atomic E-state index is 10.4. The summed E-state index contributed by atoms with van der Waals surface area (Å²) in [5, 5.41) is 0. The van der Waals surface area contributed by atoms with Crippen molar-refractivity contribution in [2.45, 2.75) is 12.3 Å². The number of hydrogen-bond donors (Lipinski definition) is 1. The van der Waals surface area contributed by atoms with Crippen LogP contribution >= 0.6 is 0 Å². The van der Waals surface area contributed by atoms with Crippen LogP contribution in [0.15, 0.2) is 24.3 Å². The second kappa shape index (κ2) is 2.63. The zero-order valence-corrected chi connectivity index (χ0v) is 6.73. The molecule has 1 aliphatic rings.